The number of nitrogens with one attached hydrogen (secondary N) is 1. The van der Waals surface area contributed by atoms with Crippen molar-refractivity contribution in [3.05, 3.63) is 53.6 Å². The van der Waals surface area contributed by atoms with Gasteiger partial charge in [0, 0.05) is 13.1 Å². The summed E-state index contributed by atoms with van der Waals surface area (Å²) in [5.41, 5.74) is 1.10. The molecule has 8 nitrogen and oxygen atoms in total. The maximum absolute atomic E-state index is 12.9. The van der Waals surface area contributed by atoms with Gasteiger partial charge in [-0.2, -0.15) is 0 Å². The zero-order valence-corrected chi connectivity index (χ0v) is 17.6. The maximum Gasteiger partial charge on any atom is 0.264 e. The van der Waals surface area contributed by atoms with Crippen LogP contribution < -0.4 is 9.46 Å². The second-order valence-corrected chi connectivity index (χ2v) is 8.97. The van der Waals surface area contributed by atoms with Gasteiger partial charge in [0.15, 0.2) is 0 Å². The van der Waals surface area contributed by atoms with E-state index in [1.807, 2.05) is 11.0 Å². The van der Waals surface area contributed by atoms with E-state index in [0.717, 1.165) is 19.4 Å². The first-order valence-electron chi connectivity index (χ1n) is 9.53. The summed E-state index contributed by atoms with van der Waals surface area (Å²) in [6.45, 7) is 1.51. The summed E-state index contributed by atoms with van der Waals surface area (Å²) in [5, 5.41) is 10.0. The summed E-state index contributed by atoms with van der Waals surface area (Å²) < 4.78 is 34.0. The number of ether oxygens (including phenoxy) is 1. The van der Waals surface area contributed by atoms with Crippen molar-refractivity contribution < 1.29 is 18.3 Å². The molecule has 1 aliphatic heterocycles. The van der Waals surface area contributed by atoms with Crippen molar-refractivity contribution in [2.75, 3.05) is 24.4 Å². The second kappa shape index (κ2) is 8.73. The molecule has 0 bridgehead atoms. The number of nitrogens with zero attached hydrogens (tertiary/aromatic N) is 3. The highest BCUT2D eigenvalue weighted by atomic mass is 35.5. The molecule has 0 spiro atoms. The van der Waals surface area contributed by atoms with Gasteiger partial charge in [-0.05, 0) is 37.1 Å². The van der Waals surface area contributed by atoms with E-state index in [1.165, 1.54) is 12.1 Å². The summed E-state index contributed by atoms with van der Waals surface area (Å²) in [6.07, 6.45) is 1.19. The molecule has 158 valence electrons. The van der Waals surface area contributed by atoms with Gasteiger partial charge in [-0.25, -0.2) is 18.4 Å². The molecule has 4 rings (SSSR count). The SMILES string of the molecule is O=S(=O)(Nc1nc2ccccc2nc1OCCN1CCCC1O)c1ccccc1Cl. The molecule has 3 aromatic rings. The highest BCUT2D eigenvalue weighted by Crippen LogP contribution is 2.28. The monoisotopic (exact) mass is 448 g/mol. The van der Waals surface area contributed by atoms with E-state index in [9.17, 15) is 13.5 Å². The van der Waals surface area contributed by atoms with E-state index in [4.69, 9.17) is 16.3 Å². The Labute approximate surface area is 179 Å². The van der Waals surface area contributed by atoms with Gasteiger partial charge in [0.05, 0.1) is 16.1 Å². The first-order valence-corrected chi connectivity index (χ1v) is 11.4. The van der Waals surface area contributed by atoms with Gasteiger partial charge in [-0.1, -0.05) is 35.9 Å². The van der Waals surface area contributed by atoms with Crippen molar-refractivity contribution in [3.63, 3.8) is 0 Å². The van der Waals surface area contributed by atoms with Crippen LogP contribution in [0.3, 0.4) is 0 Å². The van der Waals surface area contributed by atoms with Crippen molar-refractivity contribution in [1.29, 1.82) is 0 Å². The smallest absolute Gasteiger partial charge is 0.264 e. The Kier molecular flexibility index (Phi) is 6.05. The summed E-state index contributed by atoms with van der Waals surface area (Å²) in [4.78, 5) is 10.7. The molecule has 0 radical (unpaired) electrons. The average molecular weight is 449 g/mol. The van der Waals surface area contributed by atoms with E-state index in [0.29, 0.717) is 17.6 Å². The third kappa shape index (κ3) is 4.49. The molecule has 1 atom stereocenters. The Bertz CT molecular complexity index is 1160. The van der Waals surface area contributed by atoms with Crippen LogP contribution in [0.5, 0.6) is 5.88 Å². The Morgan fingerprint density at radius 1 is 1.13 bits per heavy atom. The lowest BCUT2D eigenvalue weighted by Crippen LogP contribution is -2.33. The van der Waals surface area contributed by atoms with E-state index in [2.05, 4.69) is 14.7 Å². The van der Waals surface area contributed by atoms with E-state index in [1.54, 1.807) is 30.3 Å². The van der Waals surface area contributed by atoms with Crippen molar-refractivity contribution >= 4 is 38.5 Å². The number of hydrogen-bond acceptors (Lipinski definition) is 7. The number of likely N-dealkylation sites (tertiary alicyclic amines) is 1. The van der Waals surface area contributed by atoms with Gasteiger partial charge in [-0.15, -0.1) is 0 Å². The zero-order valence-electron chi connectivity index (χ0n) is 16.0. The van der Waals surface area contributed by atoms with Gasteiger partial charge >= 0.3 is 0 Å². The summed E-state index contributed by atoms with van der Waals surface area (Å²) in [7, 11) is -4.00. The van der Waals surface area contributed by atoms with E-state index < -0.39 is 16.3 Å². The Hall–Kier alpha value is -2.46. The van der Waals surface area contributed by atoms with Crippen LogP contribution in [0.25, 0.3) is 11.0 Å². The molecule has 2 aromatic carbocycles. The van der Waals surface area contributed by atoms with Crippen molar-refractivity contribution in [2.45, 2.75) is 24.0 Å². The van der Waals surface area contributed by atoms with Crippen LogP contribution in [0.4, 0.5) is 5.82 Å². The van der Waals surface area contributed by atoms with Crippen LogP contribution in [0.2, 0.25) is 5.02 Å². The van der Waals surface area contributed by atoms with Crippen LogP contribution in [-0.4, -0.2) is 54.3 Å². The Balaban J connectivity index is 1.62. The molecule has 0 saturated carbocycles. The number of fused-ring (bicyclic) bond motifs is 1. The summed E-state index contributed by atoms with van der Waals surface area (Å²) in [6, 6.07) is 13.3. The molecule has 10 heteroatoms. The predicted molar refractivity (Wildman–Crippen MR) is 114 cm³/mol. The molecule has 0 amide bonds. The fourth-order valence-corrected chi connectivity index (χ4v) is 4.85. The van der Waals surface area contributed by atoms with Crippen LogP contribution in [0, 0.1) is 0 Å². The van der Waals surface area contributed by atoms with Gasteiger partial charge in [0.2, 0.25) is 5.82 Å². The molecular weight excluding hydrogens is 428 g/mol. The van der Waals surface area contributed by atoms with Crippen LogP contribution in [0.15, 0.2) is 53.4 Å². The number of aromatic nitrogens is 2. The van der Waals surface area contributed by atoms with Crippen molar-refractivity contribution in [2.24, 2.45) is 0 Å². The van der Waals surface area contributed by atoms with Crippen molar-refractivity contribution in [3.8, 4) is 5.88 Å². The first-order chi connectivity index (χ1) is 14.4. The Morgan fingerprint density at radius 2 is 1.83 bits per heavy atom. The quantitative estimate of drug-likeness (QED) is 0.572. The number of hydrogen-bond donors (Lipinski definition) is 2. The van der Waals surface area contributed by atoms with E-state index >= 15 is 0 Å². The minimum absolute atomic E-state index is 0.0180. The fourth-order valence-electron chi connectivity index (χ4n) is 3.32. The number of aliphatic hydroxyl groups excluding tert-OH is 1. The number of para-hydroxylation sites is 2. The van der Waals surface area contributed by atoms with Crippen LogP contribution >= 0.6 is 11.6 Å². The van der Waals surface area contributed by atoms with Crippen LogP contribution in [-0.2, 0) is 10.0 Å². The predicted octanol–water partition coefficient (Wildman–Crippen LogP) is 2.88. The van der Waals surface area contributed by atoms with Gasteiger partial charge in [0.25, 0.3) is 15.9 Å². The molecule has 1 fully saturated rings. The summed E-state index contributed by atoms with van der Waals surface area (Å²) in [5.74, 6) is 0.0496. The lowest BCUT2D eigenvalue weighted by Gasteiger charge is -2.20. The molecule has 1 aliphatic rings. The second-order valence-electron chi connectivity index (χ2n) is 6.91. The minimum atomic E-state index is -4.00. The summed E-state index contributed by atoms with van der Waals surface area (Å²) >= 11 is 6.06. The van der Waals surface area contributed by atoms with Gasteiger partial charge < -0.3 is 9.84 Å². The number of rotatable bonds is 7. The van der Waals surface area contributed by atoms with Crippen LogP contribution in [0.1, 0.15) is 12.8 Å². The highest BCUT2D eigenvalue weighted by molar-refractivity contribution is 7.92. The lowest BCUT2D eigenvalue weighted by atomic mass is 10.3. The first kappa shape index (κ1) is 20.8. The molecule has 1 unspecified atom stereocenters. The molecule has 1 saturated heterocycles. The molecular formula is C20H21ClN4O4S. The molecule has 0 aliphatic carbocycles. The molecule has 2 N–H and O–H groups in total. The maximum atomic E-state index is 12.9. The van der Waals surface area contributed by atoms with E-state index in [-0.39, 0.29) is 28.2 Å². The molecule has 2 heterocycles. The number of aliphatic hydroxyl groups is 1. The normalized spacial score (nSPS) is 17.3. The third-order valence-corrected chi connectivity index (χ3v) is 6.68. The van der Waals surface area contributed by atoms with Gasteiger partial charge in [0.1, 0.15) is 17.7 Å². The van der Waals surface area contributed by atoms with Crippen molar-refractivity contribution in [1.82, 2.24) is 14.9 Å². The minimum Gasteiger partial charge on any atom is -0.474 e. The fraction of sp³-hybridized carbons (Fsp3) is 0.300. The largest absolute Gasteiger partial charge is 0.474 e. The molecule has 30 heavy (non-hydrogen) atoms. The highest BCUT2D eigenvalue weighted by Gasteiger charge is 2.24. The number of sulfonamides is 1. The lowest BCUT2D eigenvalue weighted by molar-refractivity contribution is 0.0297. The third-order valence-electron chi connectivity index (χ3n) is 4.84. The number of benzene rings is 2. The topological polar surface area (TPSA) is 105 Å². The number of halogens is 1. The van der Waals surface area contributed by atoms with Gasteiger partial charge in [-0.3, -0.25) is 9.62 Å². The number of anilines is 1. The molecule has 1 aromatic heterocycles. The standard InChI is InChI=1S/C20H21ClN4O4S/c21-14-6-1-4-9-17(14)30(27,28)24-19-20(23-16-8-3-2-7-15(16)22-19)29-13-12-25-11-5-10-18(25)26/h1-4,6-9,18,26H,5,10-13H2,(H,22,24). The Morgan fingerprint density at radius 3 is 2.53 bits per heavy atom. The zero-order chi connectivity index (χ0) is 21.1. The average Bonchev–Trinajstić information content (AvgIpc) is 3.13.